The monoisotopic (exact) mass is 335 g/mol. The summed E-state index contributed by atoms with van der Waals surface area (Å²) in [6, 6.07) is 7.17. The fraction of sp³-hybridized carbons (Fsp3) is 0.375. The summed E-state index contributed by atoms with van der Waals surface area (Å²) in [4.78, 5) is 45.3. The summed E-state index contributed by atoms with van der Waals surface area (Å²) in [5.41, 5.74) is 0.457. The van der Waals surface area contributed by atoms with Crippen molar-refractivity contribution in [2.75, 3.05) is 13.1 Å². The van der Waals surface area contributed by atoms with Gasteiger partial charge in [-0.05, 0) is 5.56 Å². The number of hydrogen-bond acceptors (Lipinski definition) is 4. The van der Waals surface area contributed by atoms with Crippen LogP contribution >= 0.6 is 0 Å². The minimum absolute atomic E-state index is 0.0625. The minimum Gasteiger partial charge on any atom is -0.479 e. The predicted octanol–water partition coefficient (Wildman–Crippen LogP) is -0.0390. The molecule has 0 spiro atoms. The maximum atomic E-state index is 11.8. The Kier molecular flexibility index (Phi) is 7.97. The largest absolute Gasteiger partial charge is 0.479 e. The molecule has 0 unspecified atom stereocenters. The predicted molar refractivity (Wildman–Crippen MR) is 85.9 cm³/mol. The molecule has 0 saturated heterocycles. The van der Waals surface area contributed by atoms with Gasteiger partial charge < -0.3 is 21.1 Å². The first kappa shape index (κ1) is 19.1. The van der Waals surface area contributed by atoms with Gasteiger partial charge >= 0.3 is 5.97 Å². The first-order valence-electron chi connectivity index (χ1n) is 7.48. The highest BCUT2D eigenvalue weighted by Crippen LogP contribution is 2.12. The molecule has 0 fully saturated rings. The topological polar surface area (TPSA) is 125 Å². The van der Waals surface area contributed by atoms with Crippen molar-refractivity contribution in [2.45, 2.75) is 25.8 Å². The van der Waals surface area contributed by atoms with E-state index in [0.29, 0.717) is 12.1 Å². The summed E-state index contributed by atoms with van der Waals surface area (Å²) in [7, 11) is 0. The number of nitrogens with one attached hydrogen (secondary N) is 3. The number of rotatable bonds is 9. The highest BCUT2D eigenvalue weighted by molar-refractivity contribution is 5.87. The summed E-state index contributed by atoms with van der Waals surface area (Å²) in [6.07, 6.45) is -0.185. The maximum Gasteiger partial charge on any atom is 0.330 e. The fourth-order valence-corrected chi connectivity index (χ4v) is 1.92. The highest BCUT2D eigenvalue weighted by Gasteiger charge is 2.21. The number of aliphatic carboxylic acids is 1. The van der Waals surface area contributed by atoms with Crippen LogP contribution in [0.15, 0.2) is 30.3 Å². The van der Waals surface area contributed by atoms with Gasteiger partial charge in [0.15, 0.2) is 6.04 Å². The van der Waals surface area contributed by atoms with Gasteiger partial charge in [-0.2, -0.15) is 0 Å². The second kappa shape index (κ2) is 9.98. The molecule has 0 saturated carbocycles. The van der Waals surface area contributed by atoms with Crippen molar-refractivity contribution in [2.24, 2.45) is 0 Å². The third-order valence-electron chi connectivity index (χ3n) is 3.09. The molecule has 0 aromatic heterocycles. The van der Waals surface area contributed by atoms with E-state index >= 15 is 0 Å². The van der Waals surface area contributed by atoms with Gasteiger partial charge in [-0.25, -0.2) is 4.79 Å². The van der Waals surface area contributed by atoms with E-state index in [4.69, 9.17) is 0 Å². The lowest BCUT2D eigenvalue weighted by Gasteiger charge is -2.14. The molecule has 0 radical (unpaired) electrons. The fourth-order valence-electron chi connectivity index (χ4n) is 1.92. The van der Waals surface area contributed by atoms with Gasteiger partial charge in [0.05, 0.1) is 0 Å². The molecule has 0 aliphatic heterocycles. The van der Waals surface area contributed by atoms with Crippen LogP contribution in [0.4, 0.5) is 0 Å². The van der Waals surface area contributed by atoms with Crippen LogP contribution in [-0.2, 0) is 19.2 Å². The van der Waals surface area contributed by atoms with E-state index in [9.17, 15) is 24.3 Å². The molecule has 1 aromatic carbocycles. The van der Waals surface area contributed by atoms with Crippen molar-refractivity contribution in [3.05, 3.63) is 35.9 Å². The first-order chi connectivity index (χ1) is 11.4. The molecular weight excluding hydrogens is 314 g/mol. The van der Waals surface area contributed by atoms with Crippen molar-refractivity contribution < 1.29 is 24.3 Å². The molecule has 130 valence electrons. The lowest BCUT2D eigenvalue weighted by molar-refractivity contribution is -0.142. The lowest BCUT2D eigenvalue weighted by Crippen LogP contribution is -2.36. The van der Waals surface area contributed by atoms with Gasteiger partial charge in [-0.3, -0.25) is 14.4 Å². The van der Waals surface area contributed by atoms with Gasteiger partial charge in [0.25, 0.3) is 0 Å². The number of amides is 3. The Morgan fingerprint density at radius 2 is 1.54 bits per heavy atom. The molecule has 1 rings (SSSR count). The van der Waals surface area contributed by atoms with Gasteiger partial charge in [-0.15, -0.1) is 0 Å². The van der Waals surface area contributed by atoms with E-state index in [-0.39, 0.29) is 31.2 Å². The van der Waals surface area contributed by atoms with E-state index < -0.39 is 17.9 Å². The first-order valence-corrected chi connectivity index (χ1v) is 7.48. The Balaban J connectivity index is 2.37. The Hall–Kier alpha value is -2.90. The molecule has 24 heavy (non-hydrogen) atoms. The van der Waals surface area contributed by atoms with Crippen molar-refractivity contribution in [1.82, 2.24) is 16.0 Å². The van der Waals surface area contributed by atoms with Crippen LogP contribution in [0.2, 0.25) is 0 Å². The highest BCUT2D eigenvalue weighted by atomic mass is 16.4. The third-order valence-corrected chi connectivity index (χ3v) is 3.09. The molecule has 0 aliphatic carbocycles. The molecule has 0 bridgehead atoms. The number of carboxylic acid groups (broad SMARTS) is 1. The zero-order valence-corrected chi connectivity index (χ0v) is 13.4. The average molecular weight is 335 g/mol. The van der Waals surface area contributed by atoms with Gasteiger partial charge in [0.2, 0.25) is 17.7 Å². The standard InChI is InChI=1S/C16H21N3O5/c1-11(20)17-9-10-18-13(21)7-8-14(22)19-15(16(23)24)12-5-3-2-4-6-12/h2-6,15H,7-10H2,1H3,(H,17,20)(H,18,21)(H,19,22)(H,23,24)/t15-/m1/s1. The van der Waals surface area contributed by atoms with Crippen LogP contribution in [0.1, 0.15) is 31.4 Å². The smallest absolute Gasteiger partial charge is 0.330 e. The van der Waals surface area contributed by atoms with Crippen molar-refractivity contribution in [3.8, 4) is 0 Å². The normalized spacial score (nSPS) is 11.2. The molecule has 8 nitrogen and oxygen atoms in total. The van der Waals surface area contributed by atoms with E-state index in [0.717, 1.165) is 0 Å². The SMILES string of the molecule is CC(=O)NCCNC(=O)CCC(=O)N[C@@H](C(=O)O)c1ccccc1. The Morgan fingerprint density at radius 1 is 0.958 bits per heavy atom. The van der Waals surface area contributed by atoms with Crippen LogP contribution in [0, 0.1) is 0 Å². The summed E-state index contributed by atoms with van der Waals surface area (Å²) < 4.78 is 0. The molecule has 4 N–H and O–H groups in total. The number of carbonyl (C=O) groups is 4. The lowest BCUT2D eigenvalue weighted by atomic mass is 10.1. The summed E-state index contributed by atoms with van der Waals surface area (Å²) in [5, 5.41) is 16.7. The number of hydrogen-bond donors (Lipinski definition) is 4. The number of carboxylic acids is 1. The molecule has 1 aromatic rings. The van der Waals surface area contributed by atoms with Crippen molar-refractivity contribution in [3.63, 3.8) is 0 Å². The Morgan fingerprint density at radius 3 is 2.12 bits per heavy atom. The second-order valence-corrected chi connectivity index (χ2v) is 5.08. The average Bonchev–Trinajstić information content (AvgIpc) is 2.55. The van der Waals surface area contributed by atoms with E-state index in [1.807, 2.05) is 0 Å². The summed E-state index contributed by atoms with van der Waals surface area (Å²) >= 11 is 0. The van der Waals surface area contributed by atoms with Crippen LogP contribution in [-0.4, -0.2) is 41.9 Å². The Bertz CT molecular complexity index is 589. The molecule has 8 heteroatoms. The van der Waals surface area contributed by atoms with Crippen LogP contribution < -0.4 is 16.0 Å². The van der Waals surface area contributed by atoms with E-state index in [1.165, 1.54) is 6.92 Å². The molecule has 3 amide bonds. The maximum absolute atomic E-state index is 11.8. The second-order valence-electron chi connectivity index (χ2n) is 5.08. The zero-order valence-electron chi connectivity index (χ0n) is 13.4. The van der Waals surface area contributed by atoms with Crippen LogP contribution in [0.25, 0.3) is 0 Å². The van der Waals surface area contributed by atoms with E-state index in [2.05, 4.69) is 16.0 Å². The minimum atomic E-state index is -1.17. The third kappa shape index (κ3) is 7.39. The van der Waals surface area contributed by atoms with Gasteiger partial charge in [0.1, 0.15) is 0 Å². The molecule has 1 atom stereocenters. The van der Waals surface area contributed by atoms with Crippen molar-refractivity contribution in [1.29, 1.82) is 0 Å². The van der Waals surface area contributed by atoms with Gasteiger partial charge in [-0.1, -0.05) is 30.3 Å². The molecule has 0 aliphatic rings. The number of benzene rings is 1. The van der Waals surface area contributed by atoms with Gasteiger partial charge in [0, 0.05) is 32.9 Å². The summed E-state index contributed by atoms with van der Waals surface area (Å²) in [6.45, 7) is 1.95. The van der Waals surface area contributed by atoms with Crippen molar-refractivity contribution >= 4 is 23.7 Å². The number of carbonyl (C=O) groups excluding carboxylic acids is 3. The summed E-state index contributed by atoms with van der Waals surface area (Å²) in [5.74, 6) is -2.23. The Labute approximate surface area is 139 Å². The zero-order chi connectivity index (χ0) is 17.9. The van der Waals surface area contributed by atoms with E-state index in [1.54, 1.807) is 30.3 Å². The van der Waals surface area contributed by atoms with Crippen LogP contribution in [0.5, 0.6) is 0 Å². The quantitative estimate of drug-likeness (QED) is 0.471. The molecular formula is C16H21N3O5. The van der Waals surface area contributed by atoms with Crippen LogP contribution in [0.3, 0.4) is 0 Å². The molecule has 0 heterocycles.